The Labute approximate surface area is 127 Å². The fourth-order valence-electron chi connectivity index (χ4n) is 3.27. The zero-order valence-electron chi connectivity index (χ0n) is 13.3. The van der Waals surface area contributed by atoms with Crippen molar-refractivity contribution >= 4 is 17.0 Å². The highest BCUT2D eigenvalue weighted by molar-refractivity contribution is 5.78. The molecule has 1 aliphatic heterocycles. The number of aromatic nitrogens is 2. The summed E-state index contributed by atoms with van der Waals surface area (Å²) in [7, 11) is 2.12. The van der Waals surface area contributed by atoms with E-state index in [4.69, 9.17) is 4.98 Å². The molecule has 1 aliphatic rings. The second-order valence-corrected chi connectivity index (χ2v) is 6.42. The van der Waals surface area contributed by atoms with Gasteiger partial charge in [-0.15, -0.1) is 0 Å². The topological polar surface area (TPSA) is 33.1 Å². The Kier molecular flexibility index (Phi) is 4.15. The van der Waals surface area contributed by atoms with Crippen LogP contribution in [-0.2, 0) is 7.05 Å². The van der Waals surface area contributed by atoms with Gasteiger partial charge in [0.1, 0.15) is 0 Å². The minimum Gasteiger partial charge on any atom is -0.339 e. The van der Waals surface area contributed by atoms with Gasteiger partial charge in [-0.2, -0.15) is 0 Å². The number of fused-ring (bicyclic) bond motifs is 1. The molecule has 0 spiro atoms. The first-order chi connectivity index (χ1) is 10.2. The van der Waals surface area contributed by atoms with Crippen LogP contribution in [0.25, 0.3) is 11.0 Å². The second kappa shape index (κ2) is 6.06. The predicted molar refractivity (Wildman–Crippen MR) is 88.8 cm³/mol. The Bertz CT molecular complexity index is 596. The van der Waals surface area contributed by atoms with Gasteiger partial charge < -0.3 is 14.8 Å². The van der Waals surface area contributed by atoms with Crippen LogP contribution >= 0.6 is 0 Å². The first kappa shape index (κ1) is 14.4. The van der Waals surface area contributed by atoms with Crippen LogP contribution in [0.2, 0.25) is 0 Å². The number of nitrogens with zero attached hydrogens (tertiary/aromatic N) is 3. The van der Waals surface area contributed by atoms with E-state index in [0.717, 1.165) is 30.5 Å². The van der Waals surface area contributed by atoms with Crippen LogP contribution < -0.4 is 10.2 Å². The van der Waals surface area contributed by atoms with Crippen LogP contribution in [0.15, 0.2) is 24.3 Å². The lowest BCUT2D eigenvalue weighted by Gasteiger charge is -2.33. The summed E-state index contributed by atoms with van der Waals surface area (Å²) in [6, 6.07) is 8.84. The molecule has 3 rings (SSSR count). The SMILES string of the molecule is CC(C)N(CC1CCCNC1)c1nc2ccccc2n1C. The van der Waals surface area contributed by atoms with E-state index in [9.17, 15) is 0 Å². The van der Waals surface area contributed by atoms with Crippen molar-refractivity contribution in [3.8, 4) is 0 Å². The van der Waals surface area contributed by atoms with Gasteiger partial charge in [-0.3, -0.25) is 0 Å². The minimum absolute atomic E-state index is 0.461. The molecule has 1 unspecified atom stereocenters. The predicted octanol–water partition coefficient (Wildman–Crippen LogP) is 2.79. The number of benzene rings is 1. The highest BCUT2D eigenvalue weighted by Crippen LogP contribution is 2.24. The van der Waals surface area contributed by atoms with Gasteiger partial charge >= 0.3 is 0 Å². The molecule has 0 aliphatic carbocycles. The fourth-order valence-corrected chi connectivity index (χ4v) is 3.27. The Hall–Kier alpha value is -1.55. The average molecular weight is 286 g/mol. The molecular weight excluding hydrogens is 260 g/mol. The van der Waals surface area contributed by atoms with Crippen molar-refractivity contribution in [2.45, 2.75) is 32.7 Å². The molecule has 0 saturated carbocycles. The molecule has 4 nitrogen and oxygen atoms in total. The van der Waals surface area contributed by atoms with Gasteiger partial charge in [0, 0.05) is 19.6 Å². The molecule has 1 N–H and O–H groups in total. The Morgan fingerprint density at radius 3 is 2.86 bits per heavy atom. The maximum Gasteiger partial charge on any atom is 0.206 e. The number of rotatable bonds is 4. The Balaban J connectivity index is 1.89. The molecule has 4 heteroatoms. The van der Waals surface area contributed by atoms with Crippen molar-refractivity contribution in [2.75, 3.05) is 24.5 Å². The van der Waals surface area contributed by atoms with E-state index in [0.29, 0.717) is 6.04 Å². The molecule has 21 heavy (non-hydrogen) atoms. The van der Waals surface area contributed by atoms with E-state index in [1.54, 1.807) is 0 Å². The van der Waals surface area contributed by atoms with Crippen molar-refractivity contribution in [1.82, 2.24) is 14.9 Å². The maximum atomic E-state index is 4.87. The number of hydrogen-bond donors (Lipinski definition) is 1. The number of para-hydroxylation sites is 2. The summed E-state index contributed by atoms with van der Waals surface area (Å²) in [6.45, 7) is 7.91. The molecule has 114 valence electrons. The van der Waals surface area contributed by atoms with E-state index in [2.05, 4.69) is 59.9 Å². The highest BCUT2D eigenvalue weighted by atomic mass is 15.3. The smallest absolute Gasteiger partial charge is 0.206 e. The van der Waals surface area contributed by atoms with Crippen LogP contribution in [0.4, 0.5) is 5.95 Å². The summed E-state index contributed by atoms with van der Waals surface area (Å²) in [5.41, 5.74) is 2.29. The third kappa shape index (κ3) is 2.91. The normalized spacial score (nSPS) is 19.3. The van der Waals surface area contributed by atoms with Gasteiger partial charge in [0.25, 0.3) is 0 Å². The van der Waals surface area contributed by atoms with Gasteiger partial charge in [0.05, 0.1) is 11.0 Å². The number of anilines is 1. The van der Waals surface area contributed by atoms with E-state index in [-0.39, 0.29) is 0 Å². The standard InChI is InChI=1S/C17H26N4/c1-13(2)21(12-14-7-6-10-18-11-14)17-19-15-8-4-5-9-16(15)20(17)3/h4-5,8-9,13-14,18H,6-7,10-12H2,1-3H3. The van der Waals surface area contributed by atoms with Crippen LogP contribution in [0.3, 0.4) is 0 Å². The van der Waals surface area contributed by atoms with E-state index >= 15 is 0 Å². The molecule has 1 saturated heterocycles. The van der Waals surface area contributed by atoms with Crippen molar-refractivity contribution in [1.29, 1.82) is 0 Å². The van der Waals surface area contributed by atoms with Crippen LogP contribution in [0.1, 0.15) is 26.7 Å². The summed E-state index contributed by atoms with van der Waals surface area (Å²) in [6.07, 6.45) is 2.61. The summed E-state index contributed by atoms with van der Waals surface area (Å²) < 4.78 is 2.23. The minimum atomic E-state index is 0.461. The summed E-state index contributed by atoms with van der Waals surface area (Å²) in [4.78, 5) is 7.32. The number of nitrogens with one attached hydrogen (secondary N) is 1. The number of aryl methyl sites for hydroxylation is 1. The molecule has 2 aromatic rings. The first-order valence-electron chi connectivity index (χ1n) is 8.05. The summed E-state index contributed by atoms with van der Waals surface area (Å²) in [5, 5.41) is 3.52. The fraction of sp³-hybridized carbons (Fsp3) is 0.588. The zero-order chi connectivity index (χ0) is 14.8. The summed E-state index contributed by atoms with van der Waals surface area (Å²) >= 11 is 0. The Morgan fingerprint density at radius 1 is 1.38 bits per heavy atom. The number of hydrogen-bond acceptors (Lipinski definition) is 3. The third-order valence-corrected chi connectivity index (χ3v) is 4.50. The van der Waals surface area contributed by atoms with Crippen LogP contribution in [-0.4, -0.2) is 35.2 Å². The lowest BCUT2D eigenvalue weighted by molar-refractivity contribution is 0.369. The molecule has 2 heterocycles. The van der Waals surface area contributed by atoms with E-state index < -0.39 is 0 Å². The monoisotopic (exact) mass is 286 g/mol. The van der Waals surface area contributed by atoms with Gasteiger partial charge in [0.2, 0.25) is 5.95 Å². The molecule has 0 bridgehead atoms. The lowest BCUT2D eigenvalue weighted by Crippen LogP contribution is -2.42. The number of imidazole rings is 1. The quantitative estimate of drug-likeness (QED) is 0.938. The van der Waals surface area contributed by atoms with Crippen LogP contribution in [0, 0.1) is 5.92 Å². The van der Waals surface area contributed by atoms with Gasteiger partial charge in [-0.05, 0) is 57.8 Å². The van der Waals surface area contributed by atoms with Crippen molar-refractivity contribution < 1.29 is 0 Å². The molecule has 0 amide bonds. The number of piperidine rings is 1. The van der Waals surface area contributed by atoms with Crippen LogP contribution in [0.5, 0.6) is 0 Å². The van der Waals surface area contributed by atoms with E-state index in [1.807, 2.05) is 0 Å². The first-order valence-corrected chi connectivity index (χ1v) is 8.05. The molecule has 1 aromatic carbocycles. The molecule has 1 fully saturated rings. The molecule has 1 aromatic heterocycles. The van der Waals surface area contributed by atoms with Crippen molar-refractivity contribution in [2.24, 2.45) is 13.0 Å². The van der Waals surface area contributed by atoms with Gasteiger partial charge in [0.15, 0.2) is 0 Å². The Morgan fingerprint density at radius 2 is 2.19 bits per heavy atom. The molecule has 0 radical (unpaired) electrons. The maximum absolute atomic E-state index is 4.87. The molecule has 1 atom stereocenters. The summed E-state index contributed by atoms with van der Waals surface area (Å²) in [5.74, 6) is 1.82. The lowest BCUT2D eigenvalue weighted by atomic mass is 9.99. The second-order valence-electron chi connectivity index (χ2n) is 6.42. The highest BCUT2D eigenvalue weighted by Gasteiger charge is 2.22. The molecular formula is C17H26N4. The zero-order valence-corrected chi connectivity index (χ0v) is 13.3. The van der Waals surface area contributed by atoms with Gasteiger partial charge in [-0.1, -0.05) is 12.1 Å². The average Bonchev–Trinajstić information content (AvgIpc) is 2.83. The van der Waals surface area contributed by atoms with Gasteiger partial charge in [-0.25, -0.2) is 4.98 Å². The van der Waals surface area contributed by atoms with Crippen molar-refractivity contribution in [3.63, 3.8) is 0 Å². The third-order valence-electron chi connectivity index (χ3n) is 4.50. The largest absolute Gasteiger partial charge is 0.339 e. The van der Waals surface area contributed by atoms with E-state index in [1.165, 1.54) is 24.9 Å². The van der Waals surface area contributed by atoms with Crippen molar-refractivity contribution in [3.05, 3.63) is 24.3 Å².